The summed E-state index contributed by atoms with van der Waals surface area (Å²) in [5.74, 6) is -0.0168. The smallest absolute Gasteiger partial charge is 0.224 e. The topological polar surface area (TPSA) is 49.3 Å². The lowest BCUT2D eigenvalue weighted by Gasteiger charge is -2.17. The number of aromatic hydroxyl groups is 1. The van der Waals surface area contributed by atoms with Crippen LogP contribution in [0.1, 0.15) is 12.0 Å². The molecular formula is C9H8ClNO2. The van der Waals surface area contributed by atoms with Crippen LogP contribution in [0.4, 0.5) is 5.69 Å². The number of phenolic OH excluding ortho intramolecular Hbond substituents is 1. The van der Waals surface area contributed by atoms with E-state index in [1.54, 1.807) is 6.07 Å². The van der Waals surface area contributed by atoms with Gasteiger partial charge in [-0.15, -0.1) is 0 Å². The molecule has 68 valence electrons. The second-order valence-corrected chi connectivity index (χ2v) is 3.42. The monoisotopic (exact) mass is 197 g/mol. The van der Waals surface area contributed by atoms with E-state index in [0.29, 0.717) is 23.6 Å². The number of hydrogen-bond acceptors (Lipinski definition) is 2. The molecule has 1 aliphatic heterocycles. The highest BCUT2D eigenvalue weighted by Gasteiger charge is 2.16. The Labute approximate surface area is 80.3 Å². The van der Waals surface area contributed by atoms with Gasteiger partial charge in [-0.25, -0.2) is 0 Å². The van der Waals surface area contributed by atoms with Gasteiger partial charge in [0.05, 0.1) is 5.02 Å². The number of fused-ring (bicyclic) bond motifs is 1. The van der Waals surface area contributed by atoms with Crippen molar-refractivity contribution in [3.8, 4) is 5.75 Å². The SMILES string of the molecule is O=C1CCc2cc(Cl)c(O)cc2N1. The van der Waals surface area contributed by atoms with E-state index in [-0.39, 0.29) is 11.7 Å². The van der Waals surface area contributed by atoms with Crippen molar-refractivity contribution in [3.63, 3.8) is 0 Å². The molecule has 1 aromatic rings. The summed E-state index contributed by atoms with van der Waals surface area (Å²) in [6, 6.07) is 3.17. The Hall–Kier alpha value is -1.22. The predicted molar refractivity (Wildman–Crippen MR) is 50.1 cm³/mol. The molecule has 0 aromatic heterocycles. The molecule has 0 aliphatic carbocycles. The summed E-state index contributed by atoms with van der Waals surface area (Å²) in [7, 11) is 0. The van der Waals surface area contributed by atoms with Crippen LogP contribution in [0.3, 0.4) is 0 Å². The van der Waals surface area contributed by atoms with Crippen molar-refractivity contribution in [1.82, 2.24) is 0 Å². The third kappa shape index (κ3) is 1.47. The summed E-state index contributed by atoms with van der Waals surface area (Å²) in [6.45, 7) is 0. The molecule has 4 heteroatoms. The number of carbonyl (C=O) groups is 1. The number of carbonyl (C=O) groups excluding carboxylic acids is 1. The van der Waals surface area contributed by atoms with Crippen molar-refractivity contribution in [3.05, 3.63) is 22.7 Å². The zero-order chi connectivity index (χ0) is 9.42. The van der Waals surface area contributed by atoms with E-state index in [0.717, 1.165) is 5.56 Å². The van der Waals surface area contributed by atoms with Crippen molar-refractivity contribution in [2.75, 3.05) is 5.32 Å². The molecule has 0 saturated heterocycles. The van der Waals surface area contributed by atoms with E-state index in [4.69, 9.17) is 11.6 Å². The van der Waals surface area contributed by atoms with E-state index >= 15 is 0 Å². The van der Waals surface area contributed by atoms with Gasteiger partial charge < -0.3 is 10.4 Å². The minimum absolute atomic E-state index is 0.00242. The summed E-state index contributed by atoms with van der Waals surface area (Å²) in [5.41, 5.74) is 1.64. The first kappa shape index (κ1) is 8.38. The minimum Gasteiger partial charge on any atom is -0.506 e. The van der Waals surface area contributed by atoms with Crippen LogP contribution >= 0.6 is 11.6 Å². The first-order chi connectivity index (χ1) is 6.16. The Morgan fingerprint density at radius 3 is 2.92 bits per heavy atom. The molecule has 13 heavy (non-hydrogen) atoms. The van der Waals surface area contributed by atoms with E-state index in [1.807, 2.05) is 0 Å². The van der Waals surface area contributed by atoms with Gasteiger partial charge in [-0.05, 0) is 18.1 Å². The molecule has 0 bridgehead atoms. The van der Waals surface area contributed by atoms with Crippen LogP contribution < -0.4 is 5.32 Å². The Bertz CT molecular complexity index is 376. The van der Waals surface area contributed by atoms with Crippen LogP contribution in [-0.4, -0.2) is 11.0 Å². The average Bonchev–Trinajstić information content (AvgIpc) is 2.08. The standard InChI is InChI=1S/C9H8ClNO2/c10-6-3-5-1-2-9(13)11-7(5)4-8(6)12/h3-4,12H,1-2H2,(H,11,13). The molecule has 1 aromatic carbocycles. The number of phenols is 1. The van der Waals surface area contributed by atoms with Gasteiger partial charge in [0.15, 0.2) is 0 Å². The van der Waals surface area contributed by atoms with Crippen molar-refractivity contribution in [1.29, 1.82) is 0 Å². The Morgan fingerprint density at radius 2 is 2.15 bits per heavy atom. The second-order valence-electron chi connectivity index (χ2n) is 3.01. The van der Waals surface area contributed by atoms with E-state index in [9.17, 15) is 9.90 Å². The zero-order valence-corrected chi connectivity index (χ0v) is 7.56. The largest absolute Gasteiger partial charge is 0.506 e. The highest BCUT2D eigenvalue weighted by molar-refractivity contribution is 6.32. The number of aryl methyl sites for hydroxylation is 1. The molecule has 0 spiro atoms. The van der Waals surface area contributed by atoms with Crippen molar-refractivity contribution in [2.24, 2.45) is 0 Å². The van der Waals surface area contributed by atoms with Gasteiger partial charge in [0.25, 0.3) is 0 Å². The fraction of sp³-hybridized carbons (Fsp3) is 0.222. The molecule has 0 atom stereocenters. The number of rotatable bonds is 0. The summed E-state index contributed by atoms with van der Waals surface area (Å²) in [5, 5.41) is 12.3. The number of amides is 1. The van der Waals surface area contributed by atoms with Crippen LogP contribution in [-0.2, 0) is 11.2 Å². The van der Waals surface area contributed by atoms with Crippen LogP contribution in [0.15, 0.2) is 12.1 Å². The lowest BCUT2D eigenvalue weighted by Crippen LogP contribution is -2.18. The molecule has 1 heterocycles. The number of nitrogens with one attached hydrogen (secondary N) is 1. The van der Waals surface area contributed by atoms with Crippen LogP contribution in [0, 0.1) is 0 Å². The third-order valence-corrected chi connectivity index (χ3v) is 2.37. The van der Waals surface area contributed by atoms with E-state index in [1.165, 1.54) is 6.07 Å². The Morgan fingerprint density at radius 1 is 1.38 bits per heavy atom. The maximum Gasteiger partial charge on any atom is 0.224 e. The number of hydrogen-bond donors (Lipinski definition) is 2. The fourth-order valence-electron chi connectivity index (χ4n) is 1.39. The molecule has 2 rings (SSSR count). The molecule has 0 unspecified atom stereocenters. The normalized spacial score (nSPS) is 15.0. The van der Waals surface area contributed by atoms with Gasteiger partial charge in [0.2, 0.25) is 5.91 Å². The van der Waals surface area contributed by atoms with Gasteiger partial charge in [-0.3, -0.25) is 4.79 Å². The molecule has 0 saturated carbocycles. The molecular weight excluding hydrogens is 190 g/mol. The number of anilines is 1. The Kier molecular flexibility index (Phi) is 1.88. The van der Waals surface area contributed by atoms with Gasteiger partial charge in [0, 0.05) is 18.2 Å². The first-order valence-corrected chi connectivity index (χ1v) is 4.36. The first-order valence-electron chi connectivity index (χ1n) is 3.98. The maximum absolute atomic E-state index is 11.0. The highest BCUT2D eigenvalue weighted by atomic mass is 35.5. The lowest BCUT2D eigenvalue weighted by molar-refractivity contribution is -0.116. The predicted octanol–water partition coefficient (Wildman–Crippen LogP) is 1.93. The fourth-order valence-corrected chi connectivity index (χ4v) is 1.57. The molecule has 0 radical (unpaired) electrons. The van der Waals surface area contributed by atoms with Gasteiger partial charge >= 0.3 is 0 Å². The van der Waals surface area contributed by atoms with Crippen LogP contribution in [0.25, 0.3) is 0 Å². The zero-order valence-electron chi connectivity index (χ0n) is 6.80. The lowest BCUT2D eigenvalue weighted by atomic mass is 10.0. The molecule has 0 fully saturated rings. The van der Waals surface area contributed by atoms with Crippen molar-refractivity contribution >= 4 is 23.2 Å². The summed E-state index contributed by atoms with van der Waals surface area (Å²) in [4.78, 5) is 11.0. The summed E-state index contributed by atoms with van der Waals surface area (Å²) < 4.78 is 0. The number of halogens is 1. The van der Waals surface area contributed by atoms with Gasteiger partial charge in [-0.2, -0.15) is 0 Å². The Balaban J connectivity index is 2.49. The quantitative estimate of drug-likeness (QED) is 0.668. The maximum atomic E-state index is 11.0. The summed E-state index contributed by atoms with van der Waals surface area (Å²) >= 11 is 5.72. The molecule has 1 aliphatic rings. The minimum atomic E-state index is -0.0192. The van der Waals surface area contributed by atoms with Crippen molar-refractivity contribution in [2.45, 2.75) is 12.8 Å². The molecule has 3 nitrogen and oxygen atoms in total. The number of benzene rings is 1. The third-order valence-electron chi connectivity index (χ3n) is 2.07. The average molecular weight is 198 g/mol. The van der Waals surface area contributed by atoms with E-state index < -0.39 is 0 Å². The van der Waals surface area contributed by atoms with Gasteiger partial charge in [0.1, 0.15) is 5.75 Å². The second kappa shape index (κ2) is 2.92. The van der Waals surface area contributed by atoms with E-state index in [2.05, 4.69) is 5.32 Å². The molecule has 2 N–H and O–H groups in total. The highest BCUT2D eigenvalue weighted by Crippen LogP contribution is 2.32. The van der Waals surface area contributed by atoms with Crippen molar-refractivity contribution < 1.29 is 9.90 Å². The summed E-state index contributed by atoms with van der Waals surface area (Å²) in [6.07, 6.45) is 1.16. The van der Waals surface area contributed by atoms with Gasteiger partial charge in [-0.1, -0.05) is 11.6 Å². The van der Waals surface area contributed by atoms with Crippen LogP contribution in [0.2, 0.25) is 5.02 Å². The molecule has 1 amide bonds. The van der Waals surface area contributed by atoms with Crippen LogP contribution in [0.5, 0.6) is 5.75 Å².